The van der Waals surface area contributed by atoms with E-state index >= 15 is 0 Å². The van der Waals surface area contributed by atoms with Crippen molar-refractivity contribution >= 4 is 21.8 Å². The summed E-state index contributed by atoms with van der Waals surface area (Å²) in [5.41, 5.74) is 5.34. The van der Waals surface area contributed by atoms with Gasteiger partial charge in [-0.3, -0.25) is 4.79 Å². The summed E-state index contributed by atoms with van der Waals surface area (Å²) in [4.78, 5) is 12.4. The van der Waals surface area contributed by atoms with Crippen LogP contribution < -0.4 is 10.1 Å². The smallest absolute Gasteiger partial charge is 0.258 e. The third kappa shape index (κ3) is 5.13. The first-order valence-electron chi connectivity index (χ1n) is 9.93. The highest BCUT2D eigenvalue weighted by molar-refractivity contribution is 9.10. The number of ether oxygens (including phenoxy) is 1. The third-order valence-electron chi connectivity index (χ3n) is 5.28. The van der Waals surface area contributed by atoms with Crippen LogP contribution in [0.1, 0.15) is 61.4 Å². The van der Waals surface area contributed by atoms with Gasteiger partial charge < -0.3 is 10.1 Å². The molecule has 0 saturated heterocycles. The molecule has 1 N–H and O–H groups in total. The number of fused-ring (bicyclic) bond motifs is 1. The zero-order valence-corrected chi connectivity index (χ0v) is 17.8. The van der Waals surface area contributed by atoms with Crippen molar-refractivity contribution in [2.45, 2.75) is 58.4 Å². The van der Waals surface area contributed by atoms with Crippen LogP contribution in [0.3, 0.4) is 0 Å². The van der Waals surface area contributed by atoms with Crippen LogP contribution in [0.25, 0.3) is 0 Å². The lowest BCUT2D eigenvalue weighted by Gasteiger charge is -2.22. The first-order chi connectivity index (χ1) is 13.1. The molecule has 0 bridgehead atoms. The molecule has 1 atom stereocenters. The van der Waals surface area contributed by atoms with Crippen LogP contribution in [0.4, 0.5) is 0 Å². The molecule has 144 valence electrons. The van der Waals surface area contributed by atoms with Crippen LogP contribution in [-0.4, -0.2) is 12.5 Å². The van der Waals surface area contributed by atoms with E-state index in [1.165, 1.54) is 41.5 Å². The summed E-state index contributed by atoms with van der Waals surface area (Å²) in [6, 6.07) is 12.7. The fourth-order valence-electron chi connectivity index (χ4n) is 3.65. The third-order valence-corrected chi connectivity index (χ3v) is 5.90. The van der Waals surface area contributed by atoms with Gasteiger partial charge in [0.1, 0.15) is 5.75 Å². The molecule has 1 unspecified atom stereocenters. The Morgan fingerprint density at radius 3 is 2.59 bits per heavy atom. The molecule has 0 saturated carbocycles. The Morgan fingerprint density at radius 1 is 1.11 bits per heavy atom. The summed E-state index contributed by atoms with van der Waals surface area (Å²) in [7, 11) is 0. The van der Waals surface area contributed by atoms with Gasteiger partial charge in [0.2, 0.25) is 0 Å². The van der Waals surface area contributed by atoms with E-state index in [4.69, 9.17) is 4.74 Å². The second-order valence-corrected chi connectivity index (χ2v) is 8.02. The number of hydrogen-bond donors (Lipinski definition) is 1. The largest absolute Gasteiger partial charge is 0.483 e. The van der Waals surface area contributed by atoms with Crippen LogP contribution >= 0.6 is 15.9 Å². The summed E-state index contributed by atoms with van der Waals surface area (Å²) in [6.07, 6.45) is 6.71. The van der Waals surface area contributed by atoms with Crippen LogP contribution in [0.15, 0.2) is 40.9 Å². The van der Waals surface area contributed by atoms with Crippen LogP contribution in [0.5, 0.6) is 5.75 Å². The van der Waals surface area contributed by atoms with Gasteiger partial charge in [0.15, 0.2) is 6.61 Å². The molecule has 2 aromatic rings. The quantitative estimate of drug-likeness (QED) is 0.627. The van der Waals surface area contributed by atoms with Crippen molar-refractivity contribution in [3.05, 3.63) is 63.1 Å². The standard InChI is InChI=1S/C23H28BrNO2/c1-3-16-9-12-22(20(24)13-16)27-15-23(26)25-21(4-2)19-11-10-17-7-5-6-8-18(17)14-19/h9-14,21H,3-8,15H2,1-2H3,(H,25,26). The molecular formula is C23H28BrNO2. The summed E-state index contributed by atoms with van der Waals surface area (Å²) >= 11 is 3.52. The van der Waals surface area contributed by atoms with Crippen LogP contribution in [-0.2, 0) is 24.1 Å². The van der Waals surface area contributed by atoms with E-state index in [0.717, 1.165) is 23.7 Å². The molecule has 3 nitrogen and oxygen atoms in total. The van der Waals surface area contributed by atoms with Gasteiger partial charge in [0.05, 0.1) is 10.5 Å². The molecule has 2 aromatic carbocycles. The molecule has 1 aliphatic rings. The Hall–Kier alpha value is -1.81. The number of amides is 1. The van der Waals surface area contributed by atoms with Crippen molar-refractivity contribution in [1.29, 1.82) is 0 Å². The van der Waals surface area contributed by atoms with Crippen molar-refractivity contribution in [2.24, 2.45) is 0 Å². The second kappa shape index (κ2) is 9.41. The minimum Gasteiger partial charge on any atom is -0.483 e. The molecule has 1 amide bonds. The summed E-state index contributed by atoms with van der Waals surface area (Å²) < 4.78 is 6.60. The average Bonchev–Trinajstić information content (AvgIpc) is 2.70. The monoisotopic (exact) mass is 429 g/mol. The van der Waals surface area contributed by atoms with E-state index < -0.39 is 0 Å². The number of carbonyl (C=O) groups excluding carboxylic acids is 1. The van der Waals surface area contributed by atoms with Gasteiger partial charge in [-0.25, -0.2) is 0 Å². The lowest BCUT2D eigenvalue weighted by atomic mass is 9.89. The van der Waals surface area contributed by atoms with E-state index in [9.17, 15) is 4.79 Å². The maximum Gasteiger partial charge on any atom is 0.258 e. The number of hydrogen-bond acceptors (Lipinski definition) is 2. The highest BCUT2D eigenvalue weighted by atomic mass is 79.9. The van der Waals surface area contributed by atoms with Crippen molar-refractivity contribution in [3.8, 4) is 5.75 Å². The predicted octanol–water partition coefficient (Wildman–Crippen LogP) is 5.54. The summed E-state index contributed by atoms with van der Waals surface area (Å²) in [6.45, 7) is 4.23. The van der Waals surface area contributed by atoms with Gasteiger partial charge in [-0.15, -0.1) is 0 Å². The zero-order valence-electron chi connectivity index (χ0n) is 16.2. The van der Waals surface area contributed by atoms with Crippen molar-refractivity contribution in [2.75, 3.05) is 6.61 Å². The molecule has 3 rings (SSSR count). The van der Waals surface area contributed by atoms with E-state index in [2.05, 4.69) is 53.3 Å². The van der Waals surface area contributed by atoms with Gasteiger partial charge in [-0.1, -0.05) is 38.1 Å². The van der Waals surface area contributed by atoms with E-state index in [-0.39, 0.29) is 18.6 Å². The minimum atomic E-state index is -0.0916. The Kier molecular flexibility index (Phi) is 6.95. The first-order valence-corrected chi connectivity index (χ1v) is 10.7. The van der Waals surface area contributed by atoms with E-state index in [1.807, 2.05) is 18.2 Å². The summed E-state index contributed by atoms with van der Waals surface area (Å²) in [5.74, 6) is 0.607. The van der Waals surface area contributed by atoms with E-state index in [1.54, 1.807) is 0 Å². The van der Waals surface area contributed by atoms with Crippen LogP contribution in [0.2, 0.25) is 0 Å². The number of aryl methyl sites for hydroxylation is 3. The average molecular weight is 430 g/mol. The van der Waals surface area contributed by atoms with Gasteiger partial charge in [0, 0.05) is 0 Å². The Morgan fingerprint density at radius 2 is 1.89 bits per heavy atom. The molecule has 0 heterocycles. The van der Waals surface area contributed by atoms with Gasteiger partial charge in [-0.05, 0) is 88.8 Å². The number of halogens is 1. The number of carbonyl (C=O) groups is 1. The molecule has 0 aromatic heterocycles. The van der Waals surface area contributed by atoms with Gasteiger partial charge >= 0.3 is 0 Å². The predicted molar refractivity (Wildman–Crippen MR) is 113 cm³/mol. The molecular weight excluding hydrogens is 402 g/mol. The second-order valence-electron chi connectivity index (χ2n) is 7.17. The van der Waals surface area contributed by atoms with Crippen molar-refractivity contribution in [1.82, 2.24) is 5.32 Å². The van der Waals surface area contributed by atoms with Gasteiger partial charge in [-0.2, -0.15) is 0 Å². The minimum absolute atomic E-state index is 0.0194. The zero-order chi connectivity index (χ0) is 19.2. The Balaban J connectivity index is 1.60. The SMILES string of the molecule is CCc1ccc(OCC(=O)NC(CC)c2ccc3c(c2)CCCC3)c(Br)c1. The number of benzene rings is 2. The highest BCUT2D eigenvalue weighted by Crippen LogP contribution is 2.27. The number of nitrogens with one attached hydrogen (secondary N) is 1. The molecule has 0 spiro atoms. The lowest BCUT2D eigenvalue weighted by Crippen LogP contribution is -2.32. The molecule has 1 aliphatic carbocycles. The molecule has 0 radical (unpaired) electrons. The maximum absolute atomic E-state index is 12.4. The maximum atomic E-state index is 12.4. The fourth-order valence-corrected chi connectivity index (χ4v) is 4.19. The van der Waals surface area contributed by atoms with E-state index in [0.29, 0.717) is 5.75 Å². The Bertz CT molecular complexity index is 803. The molecule has 27 heavy (non-hydrogen) atoms. The fraction of sp³-hybridized carbons (Fsp3) is 0.435. The summed E-state index contributed by atoms with van der Waals surface area (Å²) in [5, 5.41) is 3.12. The first kappa shape index (κ1) is 19.9. The topological polar surface area (TPSA) is 38.3 Å². The van der Waals surface area contributed by atoms with Crippen molar-refractivity contribution < 1.29 is 9.53 Å². The molecule has 4 heteroatoms. The highest BCUT2D eigenvalue weighted by Gasteiger charge is 2.16. The van der Waals surface area contributed by atoms with Gasteiger partial charge in [0.25, 0.3) is 5.91 Å². The number of rotatable bonds is 7. The normalized spacial score (nSPS) is 14.3. The molecule has 0 fully saturated rings. The van der Waals surface area contributed by atoms with Crippen LogP contribution in [0, 0.1) is 0 Å². The Labute approximate surface area is 170 Å². The molecule has 0 aliphatic heterocycles. The lowest BCUT2D eigenvalue weighted by molar-refractivity contribution is -0.123. The van der Waals surface area contributed by atoms with Crippen molar-refractivity contribution in [3.63, 3.8) is 0 Å².